The van der Waals surface area contributed by atoms with Gasteiger partial charge in [0.1, 0.15) is 17.1 Å². The molecule has 0 radical (unpaired) electrons. The summed E-state index contributed by atoms with van der Waals surface area (Å²) in [5.41, 5.74) is 2.98. The zero-order chi connectivity index (χ0) is 20.7. The molecule has 7 heteroatoms. The smallest absolute Gasteiger partial charge is 0.148 e. The number of nitrogens with zero attached hydrogens (tertiary/aromatic N) is 5. The highest BCUT2D eigenvalue weighted by molar-refractivity contribution is 6.04. The summed E-state index contributed by atoms with van der Waals surface area (Å²) < 4.78 is 22.0. The molecule has 0 bridgehead atoms. The highest BCUT2D eigenvalue weighted by Gasteiger charge is 2.19. The van der Waals surface area contributed by atoms with Crippen LogP contribution in [0.4, 0.5) is 10.1 Å². The summed E-state index contributed by atoms with van der Waals surface area (Å²) in [5.74, 6) is 0.546. The van der Waals surface area contributed by atoms with Gasteiger partial charge < -0.3 is 14.5 Å². The number of benzene rings is 2. The average Bonchev–Trinajstić information content (AvgIpc) is 3.24. The predicted molar refractivity (Wildman–Crippen MR) is 117 cm³/mol. The van der Waals surface area contributed by atoms with E-state index in [0.29, 0.717) is 11.4 Å². The molecule has 2 aromatic carbocycles. The Morgan fingerprint density at radius 2 is 1.83 bits per heavy atom. The van der Waals surface area contributed by atoms with Crippen LogP contribution in [-0.2, 0) is 0 Å². The number of pyridine rings is 1. The molecule has 0 N–H and O–H groups in total. The molecular formula is C23H24FN5O. The van der Waals surface area contributed by atoms with Gasteiger partial charge in [-0.3, -0.25) is 4.98 Å². The lowest BCUT2D eigenvalue weighted by Gasteiger charge is -2.35. The van der Waals surface area contributed by atoms with Crippen LogP contribution in [0.1, 0.15) is 6.92 Å². The minimum Gasteiger partial charge on any atom is -0.497 e. The number of halogens is 1. The van der Waals surface area contributed by atoms with Gasteiger partial charge in [0.05, 0.1) is 30.2 Å². The number of fused-ring (bicyclic) bond motifs is 3. The minimum atomic E-state index is -0.221. The van der Waals surface area contributed by atoms with E-state index in [1.54, 1.807) is 24.1 Å². The fourth-order valence-electron chi connectivity index (χ4n) is 4.12. The summed E-state index contributed by atoms with van der Waals surface area (Å²) in [4.78, 5) is 8.98. The van der Waals surface area contributed by atoms with Crippen LogP contribution in [0.3, 0.4) is 0 Å². The monoisotopic (exact) mass is 405 g/mol. The van der Waals surface area contributed by atoms with Crippen molar-refractivity contribution in [3.8, 4) is 11.4 Å². The van der Waals surface area contributed by atoms with Gasteiger partial charge in [0.25, 0.3) is 0 Å². The van der Waals surface area contributed by atoms with Gasteiger partial charge in [-0.15, -0.1) is 0 Å². The number of rotatable bonds is 4. The number of anilines is 1. The molecule has 30 heavy (non-hydrogen) atoms. The number of hydrogen-bond donors (Lipinski definition) is 0. The van der Waals surface area contributed by atoms with Gasteiger partial charge in [-0.1, -0.05) is 6.92 Å². The highest BCUT2D eigenvalue weighted by Crippen LogP contribution is 2.28. The van der Waals surface area contributed by atoms with E-state index in [1.165, 1.54) is 0 Å². The van der Waals surface area contributed by atoms with Crippen molar-refractivity contribution in [1.29, 1.82) is 0 Å². The van der Waals surface area contributed by atoms with E-state index in [2.05, 4.69) is 26.8 Å². The van der Waals surface area contributed by atoms with Gasteiger partial charge in [0, 0.05) is 49.2 Å². The zero-order valence-electron chi connectivity index (χ0n) is 17.2. The highest BCUT2D eigenvalue weighted by atomic mass is 19.1. The third kappa shape index (κ3) is 3.25. The summed E-state index contributed by atoms with van der Waals surface area (Å²) >= 11 is 0. The minimum absolute atomic E-state index is 0.221. The van der Waals surface area contributed by atoms with Crippen molar-refractivity contribution in [3.63, 3.8) is 0 Å². The van der Waals surface area contributed by atoms with E-state index >= 15 is 0 Å². The van der Waals surface area contributed by atoms with Crippen LogP contribution in [0.2, 0.25) is 0 Å². The van der Waals surface area contributed by atoms with Gasteiger partial charge in [-0.05, 0) is 36.9 Å². The summed E-state index contributed by atoms with van der Waals surface area (Å²) in [6.07, 6.45) is 3.67. The van der Waals surface area contributed by atoms with Crippen molar-refractivity contribution in [2.45, 2.75) is 6.92 Å². The fraction of sp³-hybridized carbons (Fsp3) is 0.304. The van der Waals surface area contributed by atoms with E-state index in [4.69, 9.17) is 4.74 Å². The van der Waals surface area contributed by atoms with Crippen molar-refractivity contribution in [3.05, 3.63) is 54.6 Å². The molecule has 0 saturated carbocycles. The molecule has 0 aliphatic carbocycles. The summed E-state index contributed by atoms with van der Waals surface area (Å²) in [5, 5.41) is 6.54. The van der Waals surface area contributed by atoms with E-state index in [1.807, 2.05) is 36.5 Å². The summed E-state index contributed by atoms with van der Waals surface area (Å²) in [6, 6.07) is 11.1. The van der Waals surface area contributed by atoms with Crippen molar-refractivity contribution in [1.82, 2.24) is 19.7 Å². The van der Waals surface area contributed by atoms with Gasteiger partial charge >= 0.3 is 0 Å². The standard InChI is InChI=1S/C23H24FN5O/c1-3-27-8-10-28(11-9-27)23-7-4-16(12-20(23)24)29-15-19-18-13-17(30-2)5-6-21(18)25-14-22(19)26-29/h4-7,12-15H,3,8-11H2,1-2H3. The summed E-state index contributed by atoms with van der Waals surface area (Å²) in [7, 11) is 1.64. The van der Waals surface area contributed by atoms with E-state index in [-0.39, 0.29) is 5.82 Å². The molecule has 1 aliphatic heterocycles. The topological polar surface area (TPSA) is 46.4 Å². The van der Waals surface area contributed by atoms with Crippen LogP contribution in [-0.4, -0.2) is 59.5 Å². The fourth-order valence-corrected chi connectivity index (χ4v) is 4.12. The van der Waals surface area contributed by atoms with Crippen LogP contribution in [0, 0.1) is 5.82 Å². The zero-order valence-corrected chi connectivity index (χ0v) is 17.2. The van der Waals surface area contributed by atoms with Crippen LogP contribution < -0.4 is 9.64 Å². The Kier molecular flexibility index (Phi) is 4.75. The lowest BCUT2D eigenvalue weighted by atomic mass is 10.1. The second-order valence-corrected chi connectivity index (χ2v) is 7.57. The van der Waals surface area contributed by atoms with Crippen LogP contribution >= 0.6 is 0 Å². The molecular weight excluding hydrogens is 381 g/mol. The number of hydrogen-bond acceptors (Lipinski definition) is 5. The van der Waals surface area contributed by atoms with Gasteiger partial charge in [-0.25, -0.2) is 9.07 Å². The largest absolute Gasteiger partial charge is 0.497 e. The molecule has 0 unspecified atom stereocenters. The molecule has 1 fully saturated rings. The number of ether oxygens (including phenoxy) is 1. The Balaban J connectivity index is 1.49. The lowest BCUT2D eigenvalue weighted by Crippen LogP contribution is -2.46. The van der Waals surface area contributed by atoms with Gasteiger partial charge in [0.15, 0.2) is 0 Å². The molecule has 3 heterocycles. The van der Waals surface area contributed by atoms with Crippen molar-refractivity contribution in [2.75, 3.05) is 44.7 Å². The van der Waals surface area contributed by atoms with E-state index in [0.717, 1.165) is 60.3 Å². The van der Waals surface area contributed by atoms with Gasteiger partial charge in [-0.2, -0.15) is 5.10 Å². The van der Waals surface area contributed by atoms with E-state index < -0.39 is 0 Å². The molecule has 0 spiro atoms. The predicted octanol–water partition coefficient (Wildman–Crippen LogP) is 3.86. The molecule has 1 aliphatic rings. The second-order valence-electron chi connectivity index (χ2n) is 7.57. The molecule has 6 nitrogen and oxygen atoms in total. The third-order valence-corrected chi connectivity index (χ3v) is 5.92. The first-order valence-electron chi connectivity index (χ1n) is 10.3. The van der Waals surface area contributed by atoms with E-state index in [9.17, 15) is 4.39 Å². The Labute approximate surface area is 174 Å². The molecule has 0 atom stereocenters. The number of methoxy groups -OCH3 is 1. The first kappa shape index (κ1) is 18.8. The maximum Gasteiger partial charge on any atom is 0.148 e. The average molecular weight is 405 g/mol. The number of piperazine rings is 1. The maximum absolute atomic E-state index is 15.0. The Bertz CT molecular complexity index is 1210. The van der Waals surface area contributed by atoms with Crippen LogP contribution in [0.25, 0.3) is 27.5 Å². The first-order valence-corrected chi connectivity index (χ1v) is 10.3. The molecule has 154 valence electrons. The van der Waals surface area contributed by atoms with Crippen molar-refractivity contribution >= 4 is 27.5 Å². The van der Waals surface area contributed by atoms with Crippen molar-refractivity contribution < 1.29 is 9.13 Å². The Morgan fingerprint density at radius 1 is 1.00 bits per heavy atom. The van der Waals surface area contributed by atoms with Crippen molar-refractivity contribution in [2.24, 2.45) is 0 Å². The molecule has 2 aromatic heterocycles. The molecule has 1 saturated heterocycles. The summed E-state index contributed by atoms with van der Waals surface area (Å²) in [6.45, 7) is 6.81. The quantitative estimate of drug-likeness (QED) is 0.516. The normalized spacial score (nSPS) is 15.2. The first-order chi connectivity index (χ1) is 14.7. The molecule has 0 amide bonds. The third-order valence-electron chi connectivity index (χ3n) is 5.92. The second kappa shape index (κ2) is 7.57. The number of likely N-dealkylation sites (N-methyl/N-ethyl adjacent to an activating group) is 1. The van der Waals surface area contributed by atoms with Gasteiger partial charge in [0.2, 0.25) is 0 Å². The molecule has 4 aromatic rings. The van der Waals surface area contributed by atoms with Crippen LogP contribution in [0.5, 0.6) is 5.75 Å². The number of aromatic nitrogens is 3. The maximum atomic E-state index is 15.0. The lowest BCUT2D eigenvalue weighted by molar-refractivity contribution is 0.270. The molecule has 5 rings (SSSR count). The SMILES string of the molecule is CCN1CCN(c2ccc(-n3cc4c(cnc5ccc(OC)cc54)n3)cc2F)CC1. The Morgan fingerprint density at radius 3 is 2.57 bits per heavy atom. The van der Waals surface area contributed by atoms with Crippen LogP contribution in [0.15, 0.2) is 48.8 Å². The Hall–Kier alpha value is -3.19.